The number of ether oxygens (including phenoxy) is 2. The van der Waals surface area contributed by atoms with Crippen LogP contribution in [0.25, 0.3) is 0 Å². The summed E-state index contributed by atoms with van der Waals surface area (Å²) in [5.41, 5.74) is 5.33. The van der Waals surface area contributed by atoms with E-state index in [-0.39, 0.29) is 18.2 Å². The number of rotatable bonds is 8. The van der Waals surface area contributed by atoms with Gasteiger partial charge in [-0.05, 0) is 41.2 Å². The Morgan fingerprint density at radius 1 is 1.40 bits per heavy atom. The van der Waals surface area contributed by atoms with Gasteiger partial charge in [0.05, 0.1) is 6.61 Å². The summed E-state index contributed by atoms with van der Waals surface area (Å²) in [5.74, 6) is 0. The molecule has 6 nitrogen and oxygen atoms in total. The zero-order valence-corrected chi connectivity index (χ0v) is 13.7. The molecule has 0 aromatic rings. The Morgan fingerprint density at radius 2 is 2.00 bits per heavy atom. The molecule has 2 atom stereocenters. The standard InChI is InChI=1S/C14H31N3O3/c1-11(10-19-6)17(5)12(9-15)7-8-16-13(18)20-14(2,3)4/h11-12H,7-10,15H2,1-6H3,(H,16,18). The summed E-state index contributed by atoms with van der Waals surface area (Å²) < 4.78 is 10.3. The van der Waals surface area contributed by atoms with Crippen LogP contribution < -0.4 is 11.1 Å². The molecule has 0 bridgehead atoms. The van der Waals surface area contributed by atoms with E-state index < -0.39 is 5.60 Å². The highest BCUT2D eigenvalue weighted by atomic mass is 16.6. The molecule has 0 aliphatic carbocycles. The second kappa shape index (κ2) is 9.15. The molecular weight excluding hydrogens is 258 g/mol. The van der Waals surface area contributed by atoms with Crippen molar-refractivity contribution in [2.45, 2.75) is 51.8 Å². The van der Waals surface area contributed by atoms with E-state index in [0.29, 0.717) is 19.7 Å². The van der Waals surface area contributed by atoms with Gasteiger partial charge < -0.3 is 20.5 Å². The molecule has 0 heterocycles. The lowest BCUT2D eigenvalue weighted by Crippen LogP contribution is -2.46. The number of hydrogen-bond donors (Lipinski definition) is 2. The van der Waals surface area contributed by atoms with E-state index in [0.717, 1.165) is 6.42 Å². The molecule has 120 valence electrons. The molecule has 0 aromatic carbocycles. The van der Waals surface area contributed by atoms with Crippen LogP contribution in [0.4, 0.5) is 4.79 Å². The number of amides is 1. The Morgan fingerprint density at radius 3 is 2.45 bits per heavy atom. The molecule has 0 rings (SSSR count). The van der Waals surface area contributed by atoms with Crippen LogP contribution in [0.2, 0.25) is 0 Å². The zero-order chi connectivity index (χ0) is 15.8. The molecule has 6 heteroatoms. The molecular formula is C14H31N3O3. The molecule has 0 radical (unpaired) electrons. The van der Waals surface area contributed by atoms with E-state index >= 15 is 0 Å². The van der Waals surface area contributed by atoms with Crippen LogP contribution in [0.5, 0.6) is 0 Å². The van der Waals surface area contributed by atoms with Gasteiger partial charge in [0.1, 0.15) is 5.60 Å². The summed E-state index contributed by atoms with van der Waals surface area (Å²) in [6.07, 6.45) is 0.390. The SMILES string of the molecule is COCC(C)N(C)C(CN)CCNC(=O)OC(C)(C)C. The Kier molecular flexibility index (Phi) is 8.76. The first-order chi connectivity index (χ1) is 9.21. The number of methoxy groups -OCH3 is 1. The van der Waals surface area contributed by atoms with Crippen molar-refractivity contribution in [3.8, 4) is 0 Å². The third-order valence-electron chi connectivity index (χ3n) is 3.10. The van der Waals surface area contributed by atoms with Crippen molar-refractivity contribution < 1.29 is 14.3 Å². The first-order valence-electron chi connectivity index (χ1n) is 7.09. The second-order valence-electron chi connectivity index (χ2n) is 6.08. The van der Waals surface area contributed by atoms with Crippen molar-refractivity contribution in [1.29, 1.82) is 0 Å². The van der Waals surface area contributed by atoms with Gasteiger partial charge in [-0.3, -0.25) is 4.90 Å². The van der Waals surface area contributed by atoms with Gasteiger partial charge in [-0.1, -0.05) is 0 Å². The molecule has 0 aromatic heterocycles. The minimum atomic E-state index is -0.471. The number of nitrogens with zero attached hydrogens (tertiary/aromatic N) is 1. The molecule has 0 saturated carbocycles. The van der Waals surface area contributed by atoms with Gasteiger partial charge in [-0.25, -0.2) is 4.79 Å². The molecule has 0 fully saturated rings. The lowest BCUT2D eigenvalue weighted by atomic mass is 10.1. The minimum Gasteiger partial charge on any atom is -0.444 e. The Balaban J connectivity index is 4.10. The van der Waals surface area contributed by atoms with Crippen molar-refractivity contribution in [3.63, 3.8) is 0 Å². The molecule has 1 amide bonds. The summed E-state index contributed by atoms with van der Waals surface area (Å²) in [5, 5.41) is 2.76. The van der Waals surface area contributed by atoms with Gasteiger partial charge in [0.25, 0.3) is 0 Å². The monoisotopic (exact) mass is 289 g/mol. The molecule has 20 heavy (non-hydrogen) atoms. The van der Waals surface area contributed by atoms with Gasteiger partial charge in [0, 0.05) is 32.3 Å². The highest BCUT2D eigenvalue weighted by molar-refractivity contribution is 5.67. The number of alkyl carbamates (subject to hydrolysis) is 1. The lowest BCUT2D eigenvalue weighted by molar-refractivity contribution is 0.0515. The molecule has 0 aliphatic rings. The summed E-state index contributed by atoms with van der Waals surface area (Å²) in [6, 6.07) is 0.491. The van der Waals surface area contributed by atoms with E-state index in [9.17, 15) is 4.79 Å². The van der Waals surface area contributed by atoms with E-state index in [1.165, 1.54) is 0 Å². The van der Waals surface area contributed by atoms with E-state index in [2.05, 4.69) is 17.1 Å². The Hall–Kier alpha value is -0.850. The minimum absolute atomic E-state index is 0.204. The Bertz CT molecular complexity index is 279. The fourth-order valence-corrected chi connectivity index (χ4v) is 1.86. The third kappa shape index (κ3) is 8.35. The average Bonchev–Trinajstić information content (AvgIpc) is 2.32. The van der Waals surface area contributed by atoms with E-state index in [1.54, 1.807) is 7.11 Å². The van der Waals surface area contributed by atoms with Crippen LogP contribution in [0.1, 0.15) is 34.1 Å². The van der Waals surface area contributed by atoms with Gasteiger partial charge in [-0.2, -0.15) is 0 Å². The van der Waals surface area contributed by atoms with Crippen molar-refractivity contribution in [1.82, 2.24) is 10.2 Å². The fourth-order valence-electron chi connectivity index (χ4n) is 1.86. The summed E-state index contributed by atoms with van der Waals surface area (Å²) >= 11 is 0. The second-order valence-corrected chi connectivity index (χ2v) is 6.08. The van der Waals surface area contributed by atoms with Crippen LogP contribution in [-0.4, -0.2) is 62.5 Å². The molecule has 0 saturated heterocycles. The van der Waals surface area contributed by atoms with Crippen LogP contribution in [0.3, 0.4) is 0 Å². The summed E-state index contributed by atoms with van der Waals surface area (Å²) in [4.78, 5) is 13.7. The number of carbonyl (C=O) groups is 1. The predicted octanol–water partition coefficient (Wildman–Crippen LogP) is 1.20. The zero-order valence-electron chi connectivity index (χ0n) is 13.7. The van der Waals surface area contributed by atoms with Crippen molar-refractivity contribution >= 4 is 6.09 Å². The quantitative estimate of drug-likeness (QED) is 0.702. The first-order valence-corrected chi connectivity index (χ1v) is 7.09. The van der Waals surface area contributed by atoms with Gasteiger partial charge in [0.15, 0.2) is 0 Å². The Labute approximate surface area is 123 Å². The van der Waals surface area contributed by atoms with Gasteiger partial charge in [0.2, 0.25) is 0 Å². The van der Waals surface area contributed by atoms with Crippen molar-refractivity contribution in [3.05, 3.63) is 0 Å². The first kappa shape index (κ1) is 19.1. The number of nitrogens with one attached hydrogen (secondary N) is 1. The largest absolute Gasteiger partial charge is 0.444 e. The van der Waals surface area contributed by atoms with Crippen molar-refractivity contribution in [2.75, 3.05) is 33.9 Å². The predicted molar refractivity (Wildman–Crippen MR) is 80.8 cm³/mol. The van der Waals surface area contributed by atoms with Crippen molar-refractivity contribution in [2.24, 2.45) is 5.73 Å². The van der Waals surface area contributed by atoms with E-state index in [1.807, 2.05) is 27.8 Å². The molecule has 0 aliphatic heterocycles. The normalized spacial score (nSPS) is 15.0. The smallest absolute Gasteiger partial charge is 0.407 e. The number of likely N-dealkylation sites (N-methyl/N-ethyl adjacent to an activating group) is 1. The van der Waals surface area contributed by atoms with Crippen LogP contribution >= 0.6 is 0 Å². The summed E-state index contributed by atoms with van der Waals surface area (Å²) in [6.45, 7) is 9.36. The summed E-state index contributed by atoms with van der Waals surface area (Å²) in [7, 11) is 3.71. The highest BCUT2D eigenvalue weighted by Crippen LogP contribution is 2.08. The lowest BCUT2D eigenvalue weighted by Gasteiger charge is -2.32. The van der Waals surface area contributed by atoms with Gasteiger partial charge in [-0.15, -0.1) is 0 Å². The maximum absolute atomic E-state index is 11.5. The average molecular weight is 289 g/mol. The molecule has 0 spiro atoms. The van der Waals surface area contributed by atoms with Crippen LogP contribution in [-0.2, 0) is 9.47 Å². The highest BCUT2D eigenvalue weighted by Gasteiger charge is 2.20. The van der Waals surface area contributed by atoms with Crippen LogP contribution in [0.15, 0.2) is 0 Å². The van der Waals surface area contributed by atoms with Crippen LogP contribution in [0, 0.1) is 0 Å². The fraction of sp³-hybridized carbons (Fsp3) is 0.929. The maximum atomic E-state index is 11.5. The van der Waals surface area contributed by atoms with Gasteiger partial charge >= 0.3 is 6.09 Å². The third-order valence-corrected chi connectivity index (χ3v) is 3.10. The maximum Gasteiger partial charge on any atom is 0.407 e. The van der Waals surface area contributed by atoms with E-state index in [4.69, 9.17) is 15.2 Å². The molecule has 2 unspecified atom stereocenters. The topological polar surface area (TPSA) is 76.8 Å². The molecule has 3 N–H and O–H groups in total. The number of hydrogen-bond acceptors (Lipinski definition) is 5. The number of carbonyl (C=O) groups excluding carboxylic acids is 1. The number of nitrogens with two attached hydrogens (primary N) is 1.